The first-order valence-corrected chi connectivity index (χ1v) is 13.6. The number of hydrogen-bond donors (Lipinski definition) is 4. The van der Waals surface area contributed by atoms with Gasteiger partial charge in [-0.15, -0.1) is 0 Å². The third-order valence-electron chi connectivity index (χ3n) is 6.66. The molecular formula is C30H40N2O7. The number of nitrogens with one attached hydrogen (secondary N) is 2. The fourth-order valence-corrected chi connectivity index (χ4v) is 4.30. The molecule has 1 aliphatic rings. The average Bonchev–Trinajstić information content (AvgIpc) is 3.74. The van der Waals surface area contributed by atoms with Gasteiger partial charge in [-0.2, -0.15) is 0 Å². The first kappa shape index (κ1) is 30.3. The summed E-state index contributed by atoms with van der Waals surface area (Å²) in [7, 11) is 0. The number of aliphatic hydroxyl groups is 2. The van der Waals surface area contributed by atoms with Crippen LogP contribution in [0.5, 0.6) is 5.75 Å². The lowest BCUT2D eigenvalue weighted by atomic mass is 9.92. The maximum absolute atomic E-state index is 12.9. The molecule has 4 N–H and O–H groups in total. The highest BCUT2D eigenvalue weighted by atomic mass is 16.6. The Balaban J connectivity index is 1.49. The van der Waals surface area contributed by atoms with Crippen LogP contribution in [0.1, 0.15) is 55.5 Å². The zero-order valence-corrected chi connectivity index (χ0v) is 22.7. The molecular weight excluding hydrogens is 500 g/mol. The van der Waals surface area contributed by atoms with Crippen LogP contribution in [-0.2, 0) is 20.7 Å². The Morgan fingerprint density at radius 2 is 1.72 bits per heavy atom. The van der Waals surface area contributed by atoms with Gasteiger partial charge in [0, 0.05) is 5.56 Å². The minimum atomic E-state index is -1.28. The normalized spacial score (nSPS) is 17.8. The van der Waals surface area contributed by atoms with E-state index in [4.69, 9.17) is 9.47 Å². The summed E-state index contributed by atoms with van der Waals surface area (Å²) in [6, 6.07) is 14.8. The molecule has 0 spiro atoms. The van der Waals surface area contributed by atoms with Gasteiger partial charge >= 0.3 is 0 Å². The second-order valence-electron chi connectivity index (χ2n) is 10.4. The van der Waals surface area contributed by atoms with Gasteiger partial charge in [-0.1, -0.05) is 50.2 Å². The van der Waals surface area contributed by atoms with E-state index in [0.717, 1.165) is 25.7 Å². The van der Waals surface area contributed by atoms with Crippen LogP contribution in [0.15, 0.2) is 54.6 Å². The zero-order valence-electron chi connectivity index (χ0n) is 22.7. The highest BCUT2D eigenvalue weighted by Crippen LogP contribution is 2.30. The molecule has 39 heavy (non-hydrogen) atoms. The summed E-state index contributed by atoms with van der Waals surface area (Å²) in [6.07, 6.45) is 4.33. The predicted molar refractivity (Wildman–Crippen MR) is 146 cm³/mol. The number of aliphatic hydroxyl groups excluding tert-OH is 2. The highest BCUT2D eigenvalue weighted by Gasteiger charge is 2.54. The first-order valence-electron chi connectivity index (χ1n) is 13.6. The number of rotatable bonds is 17. The highest BCUT2D eigenvalue weighted by molar-refractivity contribution is 6.00. The van der Waals surface area contributed by atoms with Gasteiger partial charge in [-0.3, -0.25) is 14.4 Å². The molecule has 1 heterocycles. The zero-order chi connectivity index (χ0) is 28.3. The summed E-state index contributed by atoms with van der Waals surface area (Å²) in [5.74, 6) is -1.05. The van der Waals surface area contributed by atoms with Crippen molar-refractivity contribution in [1.82, 2.24) is 10.6 Å². The van der Waals surface area contributed by atoms with E-state index in [1.807, 2.05) is 32.0 Å². The number of carbonyl (C=O) groups is 3. The molecule has 9 nitrogen and oxygen atoms in total. The van der Waals surface area contributed by atoms with Gasteiger partial charge in [0.25, 0.3) is 5.91 Å². The van der Waals surface area contributed by atoms with E-state index in [0.29, 0.717) is 18.8 Å². The van der Waals surface area contributed by atoms with E-state index in [1.165, 1.54) is 5.56 Å². The first-order chi connectivity index (χ1) is 18.8. The molecule has 1 aliphatic heterocycles. The Morgan fingerprint density at radius 3 is 2.36 bits per heavy atom. The van der Waals surface area contributed by atoms with Crippen LogP contribution in [0.2, 0.25) is 0 Å². The molecule has 2 unspecified atom stereocenters. The number of carbonyl (C=O) groups excluding carboxylic acids is 3. The van der Waals surface area contributed by atoms with Crippen molar-refractivity contribution in [1.29, 1.82) is 0 Å². The number of hydrogen-bond acceptors (Lipinski definition) is 7. The van der Waals surface area contributed by atoms with Crippen LogP contribution >= 0.6 is 0 Å². The van der Waals surface area contributed by atoms with Crippen molar-refractivity contribution in [2.75, 3.05) is 26.4 Å². The summed E-state index contributed by atoms with van der Waals surface area (Å²) < 4.78 is 11.0. The van der Waals surface area contributed by atoms with Gasteiger partial charge in [0.05, 0.1) is 32.5 Å². The number of aryl methyl sites for hydroxylation is 1. The van der Waals surface area contributed by atoms with Crippen LogP contribution in [0.4, 0.5) is 0 Å². The third kappa shape index (κ3) is 9.16. The predicted octanol–water partition coefficient (Wildman–Crippen LogP) is 2.43. The summed E-state index contributed by atoms with van der Waals surface area (Å²) in [5, 5.41) is 24.5. The third-order valence-corrected chi connectivity index (χ3v) is 6.66. The Bertz CT molecular complexity index is 1090. The number of unbranched alkanes of at least 4 members (excludes halogenated alkanes) is 2. The molecule has 3 rings (SSSR count). The number of Topliss-reactive ketones (excluding diaryl/α,β-unsaturated/α-hetero) is 1. The van der Waals surface area contributed by atoms with Crippen molar-refractivity contribution in [2.45, 2.75) is 63.6 Å². The summed E-state index contributed by atoms with van der Waals surface area (Å²) in [6.45, 7) is 3.29. The molecule has 0 aliphatic carbocycles. The van der Waals surface area contributed by atoms with Gasteiger partial charge in [0.1, 0.15) is 11.8 Å². The average molecular weight is 541 g/mol. The second kappa shape index (κ2) is 14.8. The quantitative estimate of drug-likeness (QED) is 0.179. The monoisotopic (exact) mass is 540 g/mol. The van der Waals surface area contributed by atoms with Crippen LogP contribution in [-0.4, -0.2) is 71.9 Å². The number of epoxide rings is 1. The molecule has 2 aromatic rings. The molecule has 1 saturated heterocycles. The van der Waals surface area contributed by atoms with Gasteiger partial charge in [0.2, 0.25) is 5.91 Å². The molecule has 0 aromatic heterocycles. The van der Waals surface area contributed by atoms with Crippen molar-refractivity contribution in [3.63, 3.8) is 0 Å². The number of benzene rings is 2. The van der Waals surface area contributed by atoms with Crippen LogP contribution in [0.25, 0.3) is 0 Å². The van der Waals surface area contributed by atoms with Gasteiger partial charge in [0.15, 0.2) is 11.4 Å². The second-order valence-corrected chi connectivity index (χ2v) is 10.4. The van der Waals surface area contributed by atoms with Gasteiger partial charge < -0.3 is 30.3 Å². The lowest BCUT2D eigenvalue weighted by Crippen LogP contribution is -2.55. The number of amides is 2. The lowest BCUT2D eigenvalue weighted by molar-refractivity contribution is -0.133. The fourth-order valence-electron chi connectivity index (χ4n) is 4.30. The van der Waals surface area contributed by atoms with Crippen molar-refractivity contribution in [2.24, 2.45) is 5.92 Å². The Hall–Kier alpha value is -3.27. The van der Waals surface area contributed by atoms with Crippen LogP contribution in [0, 0.1) is 5.92 Å². The van der Waals surface area contributed by atoms with E-state index in [-0.39, 0.29) is 18.1 Å². The summed E-state index contributed by atoms with van der Waals surface area (Å²) >= 11 is 0. The van der Waals surface area contributed by atoms with Crippen LogP contribution in [0.3, 0.4) is 0 Å². The molecule has 9 heteroatoms. The minimum absolute atomic E-state index is 0.0718. The summed E-state index contributed by atoms with van der Waals surface area (Å²) in [5.41, 5.74) is 0.316. The molecule has 0 saturated carbocycles. The topological polar surface area (TPSA) is 137 Å². The molecule has 0 bridgehead atoms. The molecule has 212 valence electrons. The number of ether oxygens (including phenoxy) is 2. The van der Waals surface area contributed by atoms with Crippen molar-refractivity contribution < 1.29 is 34.1 Å². The Morgan fingerprint density at radius 1 is 0.974 bits per heavy atom. The van der Waals surface area contributed by atoms with E-state index in [9.17, 15) is 24.6 Å². The maximum Gasteiger partial charge on any atom is 0.252 e. The van der Waals surface area contributed by atoms with Crippen LogP contribution < -0.4 is 15.4 Å². The Labute approximate surface area is 229 Å². The number of ketones is 1. The van der Waals surface area contributed by atoms with E-state index in [2.05, 4.69) is 22.8 Å². The van der Waals surface area contributed by atoms with Gasteiger partial charge in [-0.25, -0.2) is 0 Å². The molecule has 3 atom stereocenters. The molecule has 1 fully saturated rings. The standard InChI is InChI=1S/C30H40N2O7/c1-21(2)16-25(27(35)30(19-34)20-39-30)31-29(37)26(18-33)32-28(36)23-13-9-14-24(17-23)38-15-8-4-7-12-22-10-5-3-6-11-22/h3,5-6,9-11,13-14,17,21,25-26,33-34H,4,7-8,12,15-16,18-20H2,1-2H3,(H,31,37)(H,32,36)/t25?,26-,30?/m0/s1. The lowest BCUT2D eigenvalue weighted by Gasteiger charge is -2.24. The van der Waals surface area contributed by atoms with Crippen molar-refractivity contribution in [3.05, 3.63) is 65.7 Å². The van der Waals surface area contributed by atoms with Crippen molar-refractivity contribution in [3.8, 4) is 5.75 Å². The van der Waals surface area contributed by atoms with Gasteiger partial charge in [-0.05, 0) is 61.8 Å². The Kier molecular flexibility index (Phi) is 11.5. The smallest absolute Gasteiger partial charge is 0.252 e. The van der Waals surface area contributed by atoms with Crippen molar-refractivity contribution >= 4 is 17.6 Å². The fraction of sp³-hybridized carbons (Fsp3) is 0.500. The molecule has 0 radical (unpaired) electrons. The maximum atomic E-state index is 12.9. The SMILES string of the molecule is CC(C)CC(NC(=O)[C@H](CO)NC(=O)c1cccc(OCCCCCc2ccccc2)c1)C(=O)C1(CO)CO1. The largest absolute Gasteiger partial charge is 0.494 e. The molecule has 2 aromatic carbocycles. The van der Waals surface area contributed by atoms with E-state index < -0.39 is 48.5 Å². The van der Waals surface area contributed by atoms with E-state index >= 15 is 0 Å². The molecule has 2 amide bonds. The van der Waals surface area contributed by atoms with E-state index in [1.54, 1.807) is 24.3 Å². The minimum Gasteiger partial charge on any atom is -0.494 e. The summed E-state index contributed by atoms with van der Waals surface area (Å²) in [4.78, 5) is 38.6.